The standard InChI is InChI=1S/C20H32N4O4/c1-9-20(4,25)18-21-22-19(24(18)12-13(2)3)23(5)14-10-15(26-6)17(28-8)16(11-14)27-7/h10-11,13,25H,9,12H2,1-8H3. The third-order valence-corrected chi connectivity index (χ3v) is 4.79. The molecule has 2 aromatic rings. The van der Waals surface area contributed by atoms with Crippen molar-refractivity contribution in [2.24, 2.45) is 5.92 Å². The summed E-state index contributed by atoms with van der Waals surface area (Å²) >= 11 is 0. The first kappa shape index (κ1) is 21.8. The van der Waals surface area contributed by atoms with Crippen LogP contribution in [0.4, 0.5) is 11.6 Å². The Morgan fingerprint density at radius 2 is 1.68 bits per heavy atom. The van der Waals surface area contributed by atoms with Crippen molar-refractivity contribution in [1.82, 2.24) is 14.8 Å². The molecule has 156 valence electrons. The average Bonchev–Trinajstić information content (AvgIpc) is 3.09. The van der Waals surface area contributed by atoms with Crippen LogP contribution in [-0.4, -0.2) is 48.2 Å². The van der Waals surface area contributed by atoms with Crippen LogP contribution in [0, 0.1) is 5.92 Å². The molecule has 0 aliphatic rings. The Morgan fingerprint density at radius 3 is 2.11 bits per heavy atom. The van der Waals surface area contributed by atoms with Crippen molar-refractivity contribution in [3.05, 3.63) is 18.0 Å². The molecule has 1 aromatic carbocycles. The van der Waals surface area contributed by atoms with Gasteiger partial charge in [-0.2, -0.15) is 0 Å². The summed E-state index contributed by atoms with van der Waals surface area (Å²) in [4.78, 5) is 1.90. The van der Waals surface area contributed by atoms with Gasteiger partial charge in [-0.1, -0.05) is 20.8 Å². The summed E-state index contributed by atoms with van der Waals surface area (Å²) in [7, 11) is 6.63. The Balaban J connectivity index is 2.59. The van der Waals surface area contributed by atoms with Crippen LogP contribution >= 0.6 is 0 Å². The fourth-order valence-electron chi connectivity index (χ4n) is 3.01. The lowest BCUT2D eigenvalue weighted by molar-refractivity contribution is 0.0390. The highest BCUT2D eigenvalue weighted by Gasteiger charge is 2.31. The van der Waals surface area contributed by atoms with Crippen molar-refractivity contribution in [2.45, 2.75) is 46.3 Å². The van der Waals surface area contributed by atoms with Crippen LogP contribution in [-0.2, 0) is 12.1 Å². The summed E-state index contributed by atoms with van der Waals surface area (Å²) in [6, 6.07) is 3.71. The highest BCUT2D eigenvalue weighted by atomic mass is 16.5. The molecule has 0 fully saturated rings. The number of anilines is 2. The molecule has 0 spiro atoms. The van der Waals surface area contributed by atoms with E-state index < -0.39 is 5.60 Å². The van der Waals surface area contributed by atoms with E-state index in [0.717, 1.165) is 5.69 Å². The molecular weight excluding hydrogens is 360 g/mol. The van der Waals surface area contributed by atoms with E-state index in [1.54, 1.807) is 28.3 Å². The minimum Gasteiger partial charge on any atom is -0.493 e. The smallest absolute Gasteiger partial charge is 0.231 e. The van der Waals surface area contributed by atoms with Gasteiger partial charge in [0.2, 0.25) is 11.7 Å². The first-order valence-corrected chi connectivity index (χ1v) is 9.39. The number of nitrogens with zero attached hydrogens (tertiary/aromatic N) is 4. The van der Waals surface area contributed by atoms with Gasteiger partial charge in [0.25, 0.3) is 0 Å². The second kappa shape index (κ2) is 8.68. The van der Waals surface area contributed by atoms with E-state index in [-0.39, 0.29) is 0 Å². The lowest BCUT2D eigenvalue weighted by Crippen LogP contribution is -2.27. The van der Waals surface area contributed by atoms with E-state index in [2.05, 4.69) is 24.0 Å². The fraction of sp³-hybridized carbons (Fsp3) is 0.600. The van der Waals surface area contributed by atoms with Gasteiger partial charge in [0.1, 0.15) is 5.60 Å². The summed E-state index contributed by atoms with van der Waals surface area (Å²) < 4.78 is 18.3. The summed E-state index contributed by atoms with van der Waals surface area (Å²) in [5, 5.41) is 19.5. The van der Waals surface area contributed by atoms with Gasteiger partial charge in [-0.25, -0.2) is 0 Å². The number of methoxy groups -OCH3 is 3. The van der Waals surface area contributed by atoms with Gasteiger partial charge in [-0.3, -0.25) is 4.57 Å². The molecule has 1 unspecified atom stereocenters. The maximum absolute atomic E-state index is 10.8. The van der Waals surface area contributed by atoms with Gasteiger partial charge >= 0.3 is 0 Å². The summed E-state index contributed by atoms with van der Waals surface area (Å²) in [5.41, 5.74) is -0.259. The van der Waals surface area contributed by atoms with Crippen LogP contribution in [0.3, 0.4) is 0 Å². The Kier molecular flexibility index (Phi) is 6.77. The Bertz CT molecular complexity index is 776. The van der Waals surface area contributed by atoms with E-state index in [9.17, 15) is 5.11 Å². The molecule has 0 saturated heterocycles. The third kappa shape index (κ3) is 4.16. The molecule has 0 saturated carbocycles. The molecule has 0 aliphatic carbocycles. The highest BCUT2D eigenvalue weighted by molar-refractivity contribution is 5.67. The third-order valence-electron chi connectivity index (χ3n) is 4.79. The van der Waals surface area contributed by atoms with E-state index in [0.29, 0.717) is 47.9 Å². The maximum Gasteiger partial charge on any atom is 0.231 e. The first-order chi connectivity index (χ1) is 13.2. The second-order valence-corrected chi connectivity index (χ2v) is 7.40. The number of hydrogen-bond donors (Lipinski definition) is 1. The second-order valence-electron chi connectivity index (χ2n) is 7.40. The molecule has 1 N–H and O–H groups in total. The van der Waals surface area contributed by atoms with Crippen LogP contribution in [0.25, 0.3) is 0 Å². The zero-order chi connectivity index (χ0) is 21.1. The summed E-state index contributed by atoms with van der Waals surface area (Å²) in [5.74, 6) is 3.18. The van der Waals surface area contributed by atoms with Gasteiger partial charge in [0, 0.05) is 25.7 Å². The van der Waals surface area contributed by atoms with Crippen LogP contribution < -0.4 is 19.1 Å². The van der Waals surface area contributed by atoms with E-state index in [1.807, 2.05) is 35.6 Å². The van der Waals surface area contributed by atoms with Crippen molar-refractivity contribution < 1.29 is 19.3 Å². The molecule has 1 aromatic heterocycles. The van der Waals surface area contributed by atoms with Crippen molar-refractivity contribution in [1.29, 1.82) is 0 Å². The van der Waals surface area contributed by atoms with Gasteiger partial charge in [0.05, 0.1) is 27.0 Å². The molecule has 1 atom stereocenters. The molecule has 0 aliphatic heterocycles. The Hall–Kier alpha value is -2.48. The van der Waals surface area contributed by atoms with E-state index in [1.165, 1.54) is 0 Å². The summed E-state index contributed by atoms with van der Waals surface area (Å²) in [6.07, 6.45) is 0.539. The zero-order valence-corrected chi connectivity index (χ0v) is 18.1. The van der Waals surface area contributed by atoms with E-state index >= 15 is 0 Å². The predicted octanol–water partition coefficient (Wildman–Crippen LogP) is 3.35. The minimum atomic E-state index is -1.06. The normalized spacial score (nSPS) is 13.4. The zero-order valence-electron chi connectivity index (χ0n) is 18.1. The fourth-order valence-corrected chi connectivity index (χ4v) is 3.01. The van der Waals surface area contributed by atoms with Crippen molar-refractivity contribution >= 4 is 11.6 Å². The lowest BCUT2D eigenvalue weighted by Gasteiger charge is -2.26. The SMILES string of the molecule is CCC(C)(O)c1nnc(N(C)c2cc(OC)c(OC)c(OC)c2)n1CC(C)C. The number of hydrogen-bond acceptors (Lipinski definition) is 7. The molecule has 2 rings (SSSR count). The average molecular weight is 393 g/mol. The van der Waals surface area contributed by atoms with Crippen LogP contribution in [0.5, 0.6) is 17.2 Å². The van der Waals surface area contributed by atoms with Gasteiger partial charge in [-0.15, -0.1) is 10.2 Å². The molecule has 28 heavy (non-hydrogen) atoms. The molecule has 0 amide bonds. The van der Waals surface area contributed by atoms with Crippen molar-refractivity contribution in [3.8, 4) is 17.2 Å². The molecule has 0 bridgehead atoms. The number of ether oxygens (including phenoxy) is 3. The van der Waals surface area contributed by atoms with Gasteiger partial charge in [-0.05, 0) is 19.3 Å². The molecule has 8 heteroatoms. The largest absolute Gasteiger partial charge is 0.493 e. The van der Waals surface area contributed by atoms with Crippen LogP contribution in [0.15, 0.2) is 12.1 Å². The van der Waals surface area contributed by atoms with Crippen LogP contribution in [0.1, 0.15) is 39.9 Å². The van der Waals surface area contributed by atoms with Crippen molar-refractivity contribution in [2.75, 3.05) is 33.3 Å². The molecule has 8 nitrogen and oxygen atoms in total. The number of aromatic nitrogens is 3. The Morgan fingerprint density at radius 1 is 1.11 bits per heavy atom. The quantitative estimate of drug-likeness (QED) is 0.701. The van der Waals surface area contributed by atoms with Crippen molar-refractivity contribution in [3.63, 3.8) is 0 Å². The molecular formula is C20H32N4O4. The van der Waals surface area contributed by atoms with Crippen LogP contribution in [0.2, 0.25) is 0 Å². The number of benzene rings is 1. The minimum absolute atomic E-state index is 0.356. The highest BCUT2D eigenvalue weighted by Crippen LogP contribution is 2.42. The topological polar surface area (TPSA) is 81.9 Å². The van der Waals surface area contributed by atoms with E-state index in [4.69, 9.17) is 14.2 Å². The number of rotatable bonds is 9. The summed E-state index contributed by atoms with van der Waals surface area (Å²) in [6.45, 7) is 8.61. The number of aliphatic hydroxyl groups is 1. The van der Waals surface area contributed by atoms with Gasteiger partial charge < -0.3 is 24.2 Å². The monoisotopic (exact) mass is 392 g/mol. The lowest BCUT2D eigenvalue weighted by atomic mass is 10.0. The van der Waals surface area contributed by atoms with Gasteiger partial charge in [0.15, 0.2) is 17.3 Å². The first-order valence-electron chi connectivity index (χ1n) is 9.39. The Labute approximate surface area is 167 Å². The molecule has 1 heterocycles. The maximum atomic E-state index is 10.8. The molecule has 0 radical (unpaired) electrons. The predicted molar refractivity (Wildman–Crippen MR) is 109 cm³/mol.